The Morgan fingerprint density at radius 3 is 2.76 bits per heavy atom. The molecule has 0 radical (unpaired) electrons. The van der Waals surface area contributed by atoms with Crippen LogP contribution in [0, 0.1) is 0 Å². The maximum Gasteiger partial charge on any atom is 0.252 e. The van der Waals surface area contributed by atoms with Crippen LogP contribution in [-0.2, 0) is 17.8 Å². The quantitative estimate of drug-likeness (QED) is 0.413. The number of halogens is 1. The van der Waals surface area contributed by atoms with E-state index in [0.717, 1.165) is 28.3 Å². The third-order valence-corrected chi connectivity index (χ3v) is 6.85. The topological polar surface area (TPSA) is 66.7 Å². The Kier molecular flexibility index (Phi) is 6.07. The number of anilines is 1. The molecule has 6 nitrogen and oxygen atoms in total. The minimum atomic E-state index is -0.202. The fourth-order valence-corrected chi connectivity index (χ4v) is 5.06. The molecule has 8 heteroatoms. The van der Waals surface area contributed by atoms with E-state index in [1.807, 2.05) is 58.0 Å². The number of rotatable bonds is 6. The molecule has 2 aromatic heterocycles. The van der Waals surface area contributed by atoms with Gasteiger partial charge in [0.05, 0.1) is 28.6 Å². The molecule has 2 amide bonds. The highest BCUT2D eigenvalue weighted by molar-refractivity contribution is 8.00. The number of pyridine rings is 1. The Morgan fingerprint density at radius 1 is 1.03 bits per heavy atom. The number of para-hydroxylation sites is 1. The summed E-state index contributed by atoms with van der Waals surface area (Å²) in [7, 11) is 0. The first-order valence-electron chi connectivity index (χ1n) is 10.6. The fraction of sp³-hybridized carbons (Fsp3) is 0.160. The van der Waals surface area contributed by atoms with Gasteiger partial charge in [-0.15, -0.1) is 11.8 Å². The number of thioether (sulfide) groups is 1. The summed E-state index contributed by atoms with van der Waals surface area (Å²) in [5.41, 5.74) is 4.23. The molecule has 0 atom stereocenters. The van der Waals surface area contributed by atoms with Gasteiger partial charge in [0.15, 0.2) is 0 Å². The van der Waals surface area contributed by atoms with Crippen LogP contribution < -0.4 is 10.2 Å². The number of nitrogens with one attached hydrogen (secondary N) is 1. The molecule has 0 aliphatic carbocycles. The molecule has 0 spiro atoms. The van der Waals surface area contributed by atoms with Gasteiger partial charge in [-0.25, -0.2) is 4.98 Å². The third kappa shape index (κ3) is 4.60. The van der Waals surface area contributed by atoms with Gasteiger partial charge < -0.3 is 14.6 Å². The summed E-state index contributed by atoms with van der Waals surface area (Å²) in [6.07, 6.45) is 4.49. The molecule has 33 heavy (non-hydrogen) atoms. The third-order valence-electron chi connectivity index (χ3n) is 5.57. The average Bonchev–Trinajstić information content (AvgIpc) is 3.45. The molecule has 0 saturated carbocycles. The first kappa shape index (κ1) is 21.6. The maximum absolute atomic E-state index is 12.9. The molecule has 2 aromatic carbocycles. The van der Waals surface area contributed by atoms with E-state index >= 15 is 0 Å². The summed E-state index contributed by atoms with van der Waals surface area (Å²) in [6.45, 7) is 0.992. The van der Waals surface area contributed by atoms with Gasteiger partial charge in [0, 0.05) is 29.5 Å². The molecule has 0 saturated heterocycles. The van der Waals surface area contributed by atoms with Crippen LogP contribution in [0.15, 0.2) is 78.0 Å². The minimum absolute atomic E-state index is 0.0449. The van der Waals surface area contributed by atoms with Gasteiger partial charge in [-0.05, 0) is 42.3 Å². The molecule has 0 unspecified atom stereocenters. The van der Waals surface area contributed by atoms with Crippen molar-refractivity contribution >= 4 is 46.5 Å². The van der Waals surface area contributed by atoms with Gasteiger partial charge in [-0.2, -0.15) is 0 Å². The van der Waals surface area contributed by atoms with Crippen LogP contribution in [0.5, 0.6) is 0 Å². The van der Waals surface area contributed by atoms with E-state index in [0.29, 0.717) is 23.7 Å². The van der Waals surface area contributed by atoms with Gasteiger partial charge in [0.25, 0.3) is 5.91 Å². The Bertz CT molecular complexity index is 1350. The molecule has 1 aliphatic heterocycles. The molecule has 0 fully saturated rings. The van der Waals surface area contributed by atoms with Crippen molar-refractivity contribution in [2.24, 2.45) is 0 Å². The normalized spacial score (nSPS) is 12.7. The molecule has 166 valence electrons. The second kappa shape index (κ2) is 9.29. The Morgan fingerprint density at radius 2 is 1.85 bits per heavy atom. The van der Waals surface area contributed by atoms with Gasteiger partial charge >= 0.3 is 0 Å². The molecule has 1 aliphatic rings. The lowest BCUT2D eigenvalue weighted by Crippen LogP contribution is -2.30. The molecule has 0 bridgehead atoms. The van der Waals surface area contributed by atoms with E-state index in [4.69, 9.17) is 11.6 Å². The summed E-state index contributed by atoms with van der Waals surface area (Å²) >= 11 is 7.41. The molecule has 5 rings (SSSR count). The van der Waals surface area contributed by atoms with Crippen LogP contribution in [0.2, 0.25) is 5.02 Å². The number of amides is 2. The first-order valence-corrected chi connectivity index (χ1v) is 12.0. The van der Waals surface area contributed by atoms with Gasteiger partial charge in [-0.1, -0.05) is 41.9 Å². The second-order valence-corrected chi connectivity index (χ2v) is 9.19. The Hall–Kier alpha value is -3.29. The van der Waals surface area contributed by atoms with E-state index < -0.39 is 0 Å². The number of carbonyl (C=O) groups excluding carboxylic acids is 2. The highest BCUT2D eigenvalue weighted by atomic mass is 35.5. The van der Waals surface area contributed by atoms with E-state index in [1.165, 1.54) is 17.3 Å². The van der Waals surface area contributed by atoms with E-state index in [9.17, 15) is 9.59 Å². The number of imidazole rings is 1. The SMILES string of the molecule is O=C(NCc1cn2cc(Cl)ccc2n1)c1ccccc1SCC(=O)N1CCc2ccccc21. The van der Waals surface area contributed by atoms with Crippen LogP contribution in [0.1, 0.15) is 21.6 Å². The van der Waals surface area contributed by atoms with Crippen LogP contribution in [0.4, 0.5) is 5.69 Å². The van der Waals surface area contributed by atoms with Crippen molar-refractivity contribution < 1.29 is 9.59 Å². The molecule has 4 aromatic rings. The number of benzene rings is 2. The molecular formula is C25H21ClN4O2S. The predicted molar refractivity (Wildman–Crippen MR) is 131 cm³/mol. The van der Waals surface area contributed by atoms with E-state index in [1.54, 1.807) is 18.3 Å². The van der Waals surface area contributed by atoms with E-state index in [2.05, 4.69) is 16.4 Å². The highest BCUT2D eigenvalue weighted by Crippen LogP contribution is 2.29. The van der Waals surface area contributed by atoms with Crippen molar-refractivity contribution in [1.29, 1.82) is 0 Å². The number of hydrogen-bond acceptors (Lipinski definition) is 4. The van der Waals surface area contributed by atoms with Crippen LogP contribution in [-0.4, -0.2) is 33.5 Å². The lowest BCUT2D eigenvalue weighted by Gasteiger charge is -2.17. The first-order chi connectivity index (χ1) is 16.1. The molecule has 3 heterocycles. The maximum atomic E-state index is 12.9. The monoisotopic (exact) mass is 476 g/mol. The van der Waals surface area contributed by atoms with E-state index in [-0.39, 0.29) is 17.6 Å². The standard InChI is InChI=1S/C25H21ClN4O2S/c26-18-9-10-23-28-19(15-29(23)14-18)13-27-25(32)20-6-2-4-8-22(20)33-16-24(31)30-12-11-17-5-1-3-7-21(17)30/h1-10,14-15H,11-13,16H2,(H,27,32). The van der Waals surface area contributed by atoms with Crippen molar-refractivity contribution in [1.82, 2.24) is 14.7 Å². The van der Waals surface area contributed by atoms with Crippen LogP contribution in [0.3, 0.4) is 0 Å². The number of aromatic nitrogens is 2. The van der Waals surface area contributed by atoms with Crippen LogP contribution in [0.25, 0.3) is 5.65 Å². The van der Waals surface area contributed by atoms with Gasteiger partial charge in [0.2, 0.25) is 5.91 Å². The van der Waals surface area contributed by atoms with Crippen molar-refractivity contribution in [2.75, 3.05) is 17.2 Å². The van der Waals surface area contributed by atoms with Gasteiger partial charge in [0.1, 0.15) is 5.65 Å². The van der Waals surface area contributed by atoms with Gasteiger partial charge in [-0.3, -0.25) is 9.59 Å². The smallest absolute Gasteiger partial charge is 0.252 e. The zero-order valence-electron chi connectivity index (χ0n) is 17.7. The summed E-state index contributed by atoms with van der Waals surface area (Å²) in [4.78, 5) is 32.9. The zero-order chi connectivity index (χ0) is 22.8. The summed E-state index contributed by atoms with van der Waals surface area (Å²) in [5, 5.41) is 3.55. The number of fused-ring (bicyclic) bond motifs is 2. The largest absolute Gasteiger partial charge is 0.346 e. The Balaban J connectivity index is 1.23. The fourth-order valence-electron chi connectivity index (χ4n) is 3.96. The number of carbonyl (C=O) groups is 2. The lowest BCUT2D eigenvalue weighted by molar-refractivity contribution is -0.116. The minimum Gasteiger partial charge on any atom is -0.346 e. The lowest BCUT2D eigenvalue weighted by atomic mass is 10.2. The highest BCUT2D eigenvalue weighted by Gasteiger charge is 2.24. The summed E-state index contributed by atoms with van der Waals surface area (Å²) in [5.74, 6) is 0.113. The average molecular weight is 477 g/mol. The molecule has 1 N–H and O–H groups in total. The summed E-state index contributed by atoms with van der Waals surface area (Å²) in [6, 6.07) is 19.0. The number of hydrogen-bond donors (Lipinski definition) is 1. The predicted octanol–water partition coefficient (Wildman–Crippen LogP) is 4.60. The van der Waals surface area contributed by atoms with Crippen LogP contribution >= 0.6 is 23.4 Å². The van der Waals surface area contributed by atoms with Crippen molar-refractivity contribution in [3.8, 4) is 0 Å². The zero-order valence-corrected chi connectivity index (χ0v) is 19.3. The molecular weight excluding hydrogens is 456 g/mol. The second-order valence-electron chi connectivity index (χ2n) is 7.74. The van der Waals surface area contributed by atoms with Crippen molar-refractivity contribution in [2.45, 2.75) is 17.9 Å². The van der Waals surface area contributed by atoms with Crippen molar-refractivity contribution in [3.05, 3.63) is 94.9 Å². The number of nitrogens with zero attached hydrogens (tertiary/aromatic N) is 3. The summed E-state index contributed by atoms with van der Waals surface area (Å²) < 4.78 is 1.83. The Labute approximate surface area is 200 Å². The van der Waals surface area contributed by atoms with Crippen molar-refractivity contribution in [3.63, 3.8) is 0 Å².